The van der Waals surface area contributed by atoms with Crippen molar-refractivity contribution in [2.45, 2.75) is 40.5 Å². The zero-order chi connectivity index (χ0) is 16.8. The molecule has 0 saturated carbocycles. The summed E-state index contributed by atoms with van der Waals surface area (Å²) >= 11 is 0. The van der Waals surface area contributed by atoms with Gasteiger partial charge in [0.25, 0.3) is 5.91 Å². The number of carbonyl (C=O) groups is 1. The summed E-state index contributed by atoms with van der Waals surface area (Å²) < 4.78 is 0. The van der Waals surface area contributed by atoms with Gasteiger partial charge >= 0.3 is 0 Å². The van der Waals surface area contributed by atoms with Crippen LogP contribution in [-0.2, 0) is 0 Å². The standard InChI is InChI=1S/C18H24N4O/c1-5-6-10-19-17-11-16(20-14(4)21-17)18(23)22-15-9-7-8-12(2)13(15)3/h7-9,11H,5-6,10H2,1-4H3,(H,22,23)(H,19,20,21). The third-order valence-corrected chi connectivity index (χ3v) is 3.76. The van der Waals surface area contributed by atoms with Crippen molar-refractivity contribution in [3.05, 3.63) is 46.9 Å². The van der Waals surface area contributed by atoms with Gasteiger partial charge in [0.05, 0.1) is 0 Å². The molecule has 5 nitrogen and oxygen atoms in total. The van der Waals surface area contributed by atoms with Crippen LogP contribution in [0.1, 0.15) is 47.2 Å². The molecule has 1 aromatic carbocycles. The molecule has 0 aliphatic rings. The van der Waals surface area contributed by atoms with Crippen LogP contribution in [0.3, 0.4) is 0 Å². The van der Waals surface area contributed by atoms with Crippen molar-refractivity contribution in [2.24, 2.45) is 0 Å². The Morgan fingerprint density at radius 3 is 2.70 bits per heavy atom. The van der Waals surface area contributed by atoms with Crippen LogP contribution >= 0.6 is 0 Å². The summed E-state index contributed by atoms with van der Waals surface area (Å²) in [5, 5.41) is 6.17. The molecule has 2 aromatic rings. The minimum atomic E-state index is -0.220. The first-order valence-electron chi connectivity index (χ1n) is 7.98. The number of anilines is 2. The largest absolute Gasteiger partial charge is 0.370 e. The van der Waals surface area contributed by atoms with Gasteiger partial charge in [-0.05, 0) is 44.4 Å². The van der Waals surface area contributed by atoms with Crippen molar-refractivity contribution in [1.82, 2.24) is 9.97 Å². The van der Waals surface area contributed by atoms with Crippen molar-refractivity contribution < 1.29 is 4.79 Å². The minimum Gasteiger partial charge on any atom is -0.370 e. The lowest BCUT2D eigenvalue weighted by molar-refractivity contribution is 0.102. The fourth-order valence-electron chi connectivity index (χ4n) is 2.24. The molecule has 0 aliphatic carbocycles. The van der Waals surface area contributed by atoms with E-state index in [1.165, 1.54) is 0 Å². The molecule has 0 saturated heterocycles. The van der Waals surface area contributed by atoms with Crippen molar-refractivity contribution in [1.29, 1.82) is 0 Å². The smallest absolute Gasteiger partial charge is 0.274 e. The normalized spacial score (nSPS) is 10.4. The van der Waals surface area contributed by atoms with Crippen LogP contribution in [-0.4, -0.2) is 22.4 Å². The third-order valence-electron chi connectivity index (χ3n) is 3.76. The Kier molecular flexibility index (Phi) is 5.68. The van der Waals surface area contributed by atoms with Crippen LogP contribution in [0.2, 0.25) is 0 Å². The van der Waals surface area contributed by atoms with Crippen LogP contribution in [0.25, 0.3) is 0 Å². The van der Waals surface area contributed by atoms with Gasteiger partial charge in [-0.25, -0.2) is 9.97 Å². The first-order chi connectivity index (χ1) is 11.0. The van der Waals surface area contributed by atoms with Crippen LogP contribution < -0.4 is 10.6 Å². The van der Waals surface area contributed by atoms with Gasteiger partial charge in [-0.2, -0.15) is 0 Å². The molecule has 5 heteroatoms. The van der Waals surface area contributed by atoms with E-state index in [2.05, 4.69) is 27.5 Å². The second-order valence-electron chi connectivity index (χ2n) is 5.67. The first-order valence-corrected chi connectivity index (χ1v) is 7.98. The van der Waals surface area contributed by atoms with E-state index in [9.17, 15) is 4.79 Å². The highest BCUT2D eigenvalue weighted by Crippen LogP contribution is 2.19. The lowest BCUT2D eigenvalue weighted by atomic mass is 10.1. The summed E-state index contributed by atoms with van der Waals surface area (Å²) in [5.41, 5.74) is 3.39. The number of hydrogen-bond acceptors (Lipinski definition) is 4. The second kappa shape index (κ2) is 7.72. The van der Waals surface area contributed by atoms with Gasteiger partial charge in [0, 0.05) is 18.3 Å². The fourth-order valence-corrected chi connectivity index (χ4v) is 2.24. The molecule has 0 unspecified atom stereocenters. The lowest BCUT2D eigenvalue weighted by Crippen LogP contribution is -2.16. The average molecular weight is 312 g/mol. The SMILES string of the molecule is CCCCNc1cc(C(=O)Nc2cccc(C)c2C)nc(C)n1. The number of unbranched alkanes of at least 4 members (excludes halogenated alkanes) is 1. The average Bonchev–Trinajstić information content (AvgIpc) is 2.51. The third kappa shape index (κ3) is 4.52. The maximum Gasteiger partial charge on any atom is 0.274 e. The highest BCUT2D eigenvalue weighted by Gasteiger charge is 2.12. The molecule has 0 fully saturated rings. The molecule has 1 heterocycles. The topological polar surface area (TPSA) is 66.9 Å². The summed E-state index contributed by atoms with van der Waals surface area (Å²) in [6.07, 6.45) is 2.17. The molecule has 2 N–H and O–H groups in total. The summed E-state index contributed by atoms with van der Waals surface area (Å²) in [5.74, 6) is 1.05. The summed E-state index contributed by atoms with van der Waals surface area (Å²) in [7, 11) is 0. The van der Waals surface area contributed by atoms with Gasteiger partial charge in [-0.3, -0.25) is 4.79 Å². The Hall–Kier alpha value is -2.43. The number of benzene rings is 1. The molecule has 122 valence electrons. The Labute approximate surface area is 137 Å². The van der Waals surface area contributed by atoms with E-state index in [1.807, 2.05) is 32.0 Å². The van der Waals surface area contributed by atoms with E-state index in [1.54, 1.807) is 13.0 Å². The van der Waals surface area contributed by atoms with Gasteiger partial charge < -0.3 is 10.6 Å². The molecule has 0 radical (unpaired) electrons. The number of aryl methyl sites for hydroxylation is 2. The van der Waals surface area contributed by atoms with E-state index < -0.39 is 0 Å². The Morgan fingerprint density at radius 1 is 1.17 bits per heavy atom. The van der Waals surface area contributed by atoms with Crippen LogP contribution in [0, 0.1) is 20.8 Å². The predicted octanol–water partition coefficient (Wildman–Crippen LogP) is 3.87. The predicted molar refractivity (Wildman–Crippen MR) is 94.0 cm³/mol. The molecule has 0 atom stereocenters. The molecule has 1 amide bonds. The van der Waals surface area contributed by atoms with Crippen molar-refractivity contribution in [2.75, 3.05) is 17.2 Å². The van der Waals surface area contributed by atoms with Crippen LogP contribution in [0.4, 0.5) is 11.5 Å². The van der Waals surface area contributed by atoms with Crippen LogP contribution in [0.15, 0.2) is 24.3 Å². The molecule has 23 heavy (non-hydrogen) atoms. The number of amides is 1. The molecule has 2 rings (SSSR count). The van der Waals surface area contributed by atoms with E-state index in [4.69, 9.17) is 0 Å². The summed E-state index contributed by atoms with van der Waals surface area (Å²) in [6.45, 7) is 8.78. The van der Waals surface area contributed by atoms with Crippen molar-refractivity contribution in [3.8, 4) is 0 Å². The van der Waals surface area contributed by atoms with Gasteiger partial charge in [0.1, 0.15) is 17.3 Å². The van der Waals surface area contributed by atoms with E-state index >= 15 is 0 Å². The highest BCUT2D eigenvalue weighted by atomic mass is 16.1. The van der Waals surface area contributed by atoms with Gasteiger partial charge in [-0.1, -0.05) is 25.5 Å². The van der Waals surface area contributed by atoms with E-state index in [-0.39, 0.29) is 5.91 Å². The number of nitrogens with one attached hydrogen (secondary N) is 2. The van der Waals surface area contributed by atoms with E-state index in [0.717, 1.165) is 36.2 Å². The fraction of sp³-hybridized carbons (Fsp3) is 0.389. The van der Waals surface area contributed by atoms with Crippen LogP contribution in [0.5, 0.6) is 0 Å². The Morgan fingerprint density at radius 2 is 1.96 bits per heavy atom. The Balaban J connectivity index is 2.17. The quantitative estimate of drug-likeness (QED) is 0.795. The second-order valence-corrected chi connectivity index (χ2v) is 5.67. The zero-order valence-corrected chi connectivity index (χ0v) is 14.2. The zero-order valence-electron chi connectivity index (χ0n) is 14.2. The van der Waals surface area contributed by atoms with E-state index in [0.29, 0.717) is 17.3 Å². The number of rotatable bonds is 6. The monoisotopic (exact) mass is 312 g/mol. The molecular weight excluding hydrogens is 288 g/mol. The van der Waals surface area contributed by atoms with Gasteiger partial charge in [0.15, 0.2) is 0 Å². The number of hydrogen-bond donors (Lipinski definition) is 2. The number of nitrogens with zero attached hydrogens (tertiary/aromatic N) is 2. The first kappa shape index (κ1) is 16.9. The van der Waals surface area contributed by atoms with Gasteiger partial charge in [-0.15, -0.1) is 0 Å². The summed E-state index contributed by atoms with van der Waals surface area (Å²) in [6, 6.07) is 7.55. The maximum absolute atomic E-state index is 12.5. The summed E-state index contributed by atoms with van der Waals surface area (Å²) in [4.78, 5) is 21.1. The molecule has 0 bridgehead atoms. The number of aromatic nitrogens is 2. The molecule has 0 aliphatic heterocycles. The van der Waals surface area contributed by atoms with Crippen molar-refractivity contribution >= 4 is 17.4 Å². The minimum absolute atomic E-state index is 0.220. The molecular formula is C18H24N4O. The highest BCUT2D eigenvalue weighted by molar-refractivity contribution is 6.03. The molecule has 1 aromatic heterocycles. The Bertz CT molecular complexity index is 697. The van der Waals surface area contributed by atoms with Gasteiger partial charge in [0.2, 0.25) is 0 Å². The number of carbonyl (C=O) groups excluding carboxylic acids is 1. The maximum atomic E-state index is 12.5. The van der Waals surface area contributed by atoms with Crippen molar-refractivity contribution in [3.63, 3.8) is 0 Å². The molecule has 0 spiro atoms. The lowest BCUT2D eigenvalue weighted by Gasteiger charge is -2.11.